The monoisotopic (exact) mass is 176 g/mol. The summed E-state index contributed by atoms with van der Waals surface area (Å²) >= 11 is 0. The molecule has 2 heteroatoms. The Balaban J connectivity index is 3.56. The van der Waals surface area contributed by atoms with Crippen molar-refractivity contribution in [2.24, 2.45) is 0 Å². The average molecular weight is 176 g/mol. The van der Waals surface area contributed by atoms with Crippen molar-refractivity contribution < 1.29 is 9.59 Å². The molecule has 0 saturated heterocycles. The number of aldehydes is 2. The Bertz CT molecular complexity index is 333. The zero-order valence-corrected chi connectivity index (χ0v) is 8.05. The number of benzene rings is 1. The molecule has 0 aliphatic carbocycles. The minimum atomic E-state index is 0.632. The second-order valence-electron chi connectivity index (χ2n) is 3.20. The van der Waals surface area contributed by atoms with Gasteiger partial charge in [-0.1, -0.05) is 6.07 Å². The lowest BCUT2D eigenvalue weighted by Gasteiger charge is -2.08. The van der Waals surface area contributed by atoms with E-state index in [0.717, 1.165) is 29.3 Å². The van der Waals surface area contributed by atoms with Gasteiger partial charge in [0.1, 0.15) is 0 Å². The zero-order valence-electron chi connectivity index (χ0n) is 8.05. The number of carbonyl (C=O) groups is 2. The van der Waals surface area contributed by atoms with Crippen LogP contribution in [-0.2, 0) is 0 Å². The Hall–Kier alpha value is -1.44. The summed E-state index contributed by atoms with van der Waals surface area (Å²) in [4.78, 5) is 21.4. The van der Waals surface area contributed by atoms with Crippen LogP contribution in [0.3, 0.4) is 0 Å². The van der Waals surface area contributed by atoms with E-state index in [4.69, 9.17) is 0 Å². The van der Waals surface area contributed by atoms with Gasteiger partial charge in [-0.3, -0.25) is 9.59 Å². The maximum absolute atomic E-state index is 10.7. The lowest BCUT2D eigenvalue weighted by molar-refractivity contribution is 0.112. The lowest BCUT2D eigenvalue weighted by Crippen LogP contribution is -1.99. The average Bonchev–Trinajstić information content (AvgIpc) is 2.04. The van der Waals surface area contributed by atoms with Gasteiger partial charge in [0.05, 0.1) is 0 Å². The van der Waals surface area contributed by atoms with E-state index in [1.165, 1.54) is 0 Å². The Morgan fingerprint density at radius 3 is 1.62 bits per heavy atom. The molecule has 1 aromatic rings. The Morgan fingerprint density at radius 2 is 1.31 bits per heavy atom. The van der Waals surface area contributed by atoms with Crippen LogP contribution in [0.1, 0.15) is 37.4 Å². The van der Waals surface area contributed by atoms with Gasteiger partial charge in [0.2, 0.25) is 0 Å². The fraction of sp³-hybridized carbons (Fsp3) is 0.273. The maximum Gasteiger partial charge on any atom is 0.150 e. The molecule has 2 nitrogen and oxygen atoms in total. The summed E-state index contributed by atoms with van der Waals surface area (Å²) < 4.78 is 0. The van der Waals surface area contributed by atoms with Gasteiger partial charge >= 0.3 is 0 Å². The normalized spacial score (nSPS) is 9.77. The molecule has 0 amide bonds. The number of aryl methyl sites for hydroxylation is 2. The number of hydrogen-bond acceptors (Lipinski definition) is 2. The van der Waals surface area contributed by atoms with E-state index in [-0.39, 0.29) is 0 Å². The molecule has 0 aliphatic heterocycles. The lowest BCUT2D eigenvalue weighted by atomic mass is 9.95. The van der Waals surface area contributed by atoms with Crippen LogP contribution in [0.15, 0.2) is 6.07 Å². The highest BCUT2D eigenvalue weighted by atomic mass is 16.1. The first-order chi connectivity index (χ1) is 6.11. The second-order valence-corrected chi connectivity index (χ2v) is 3.20. The Labute approximate surface area is 77.6 Å². The van der Waals surface area contributed by atoms with Crippen molar-refractivity contribution in [3.8, 4) is 0 Å². The Kier molecular flexibility index (Phi) is 2.61. The second kappa shape index (κ2) is 3.52. The minimum Gasteiger partial charge on any atom is -0.298 e. The standard InChI is InChI=1S/C11H12O2/c1-7-4-8(2)11(6-13)9(3)10(7)5-12/h4-6H,1-3H3. The molecule has 0 radical (unpaired) electrons. The molecule has 13 heavy (non-hydrogen) atoms. The topological polar surface area (TPSA) is 34.1 Å². The molecule has 0 aromatic heterocycles. The van der Waals surface area contributed by atoms with Gasteiger partial charge in [-0.05, 0) is 37.5 Å². The highest BCUT2D eigenvalue weighted by molar-refractivity contribution is 5.88. The number of hydrogen-bond donors (Lipinski definition) is 0. The fourth-order valence-electron chi connectivity index (χ4n) is 1.58. The molecule has 0 fully saturated rings. The molecule has 0 saturated carbocycles. The highest BCUT2D eigenvalue weighted by Crippen LogP contribution is 2.18. The smallest absolute Gasteiger partial charge is 0.150 e. The van der Waals surface area contributed by atoms with Gasteiger partial charge in [-0.15, -0.1) is 0 Å². The molecular formula is C11H12O2. The molecule has 1 aromatic carbocycles. The summed E-state index contributed by atoms with van der Waals surface area (Å²) in [6, 6.07) is 1.86. The van der Waals surface area contributed by atoms with Gasteiger partial charge in [-0.25, -0.2) is 0 Å². The van der Waals surface area contributed by atoms with E-state index >= 15 is 0 Å². The molecule has 68 valence electrons. The molecule has 1 rings (SSSR count). The first kappa shape index (κ1) is 9.65. The quantitative estimate of drug-likeness (QED) is 0.647. The molecule has 0 heterocycles. The SMILES string of the molecule is Cc1cc(C)c(C=O)c(C)c1C=O. The van der Waals surface area contributed by atoms with Gasteiger partial charge in [-0.2, -0.15) is 0 Å². The predicted molar refractivity (Wildman–Crippen MR) is 51.4 cm³/mol. The van der Waals surface area contributed by atoms with Crippen molar-refractivity contribution in [3.63, 3.8) is 0 Å². The fourth-order valence-corrected chi connectivity index (χ4v) is 1.58. The van der Waals surface area contributed by atoms with Gasteiger partial charge in [0, 0.05) is 11.1 Å². The number of rotatable bonds is 2. The van der Waals surface area contributed by atoms with E-state index in [1.54, 1.807) is 6.92 Å². The molecule has 0 bridgehead atoms. The van der Waals surface area contributed by atoms with Crippen molar-refractivity contribution >= 4 is 12.6 Å². The van der Waals surface area contributed by atoms with Crippen LogP contribution in [0.5, 0.6) is 0 Å². The van der Waals surface area contributed by atoms with Crippen molar-refractivity contribution in [3.05, 3.63) is 33.9 Å². The summed E-state index contributed by atoms with van der Waals surface area (Å²) in [6.07, 6.45) is 1.61. The molecular weight excluding hydrogens is 164 g/mol. The minimum absolute atomic E-state index is 0.632. The third kappa shape index (κ3) is 1.52. The first-order valence-electron chi connectivity index (χ1n) is 4.13. The van der Waals surface area contributed by atoms with Crippen LogP contribution in [0.25, 0.3) is 0 Å². The summed E-state index contributed by atoms with van der Waals surface area (Å²) in [6.45, 7) is 5.55. The van der Waals surface area contributed by atoms with Crippen LogP contribution in [0, 0.1) is 20.8 Å². The van der Waals surface area contributed by atoms with E-state index < -0.39 is 0 Å². The van der Waals surface area contributed by atoms with Crippen LogP contribution in [0.2, 0.25) is 0 Å². The van der Waals surface area contributed by atoms with E-state index in [1.807, 2.05) is 19.9 Å². The third-order valence-electron chi connectivity index (χ3n) is 2.33. The predicted octanol–water partition coefficient (Wildman–Crippen LogP) is 2.24. The Morgan fingerprint density at radius 1 is 0.923 bits per heavy atom. The van der Waals surface area contributed by atoms with Crippen LogP contribution >= 0.6 is 0 Å². The van der Waals surface area contributed by atoms with Crippen LogP contribution in [0.4, 0.5) is 0 Å². The molecule has 0 aliphatic rings. The largest absolute Gasteiger partial charge is 0.298 e. The summed E-state index contributed by atoms with van der Waals surface area (Å²) in [5, 5.41) is 0. The van der Waals surface area contributed by atoms with Crippen molar-refractivity contribution in [2.45, 2.75) is 20.8 Å². The van der Waals surface area contributed by atoms with E-state index in [9.17, 15) is 9.59 Å². The van der Waals surface area contributed by atoms with Gasteiger partial charge in [0.15, 0.2) is 12.6 Å². The first-order valence-corrected chi connectivity index (χ1v) is 4.13. The van der Waals surface area contributed by atoms with Crippen molar-refractivity contribution in [2.75, 3.05) is 0 Å². The summed E-state index contributed by atoms with van der Waals surface area (Å²) in [5.41, 5.74) is 3.90. The van der Waals surface area contributed by atoms with E-state index in [2.05, 4.69) is 0 Å². The molecule has 0 spiro atoms. The molecule has 0 atom stereocenters. The molecule has 0 unspecified atom stereocenters. The zero-order chi connectivity index (χ0) is 10.0. The summed E-state index contributed by atoms with van der Waals surface area (Å²) in [7, 11) is 0. The summed E-state index contributed by atoms with van der Waals surface area (Å²) in [5.74, 6) is 0. The van der Waals surface area contributed by atoms with Crippen molar-refractivity contribution in [1.82, 2.24) is 0 Å². The maximum atomic E-state index is 10.7. The number of carbonyl (C=O) groups excluding carboxylic acids is 2. The highest BCUT2D eigenvalue weighted by Gasteiger charge is 2.08. The third-order valence-corrected chi connectivity index (χ3v) is 2.33. The van der Waals surface area contributed by atoms with Crippen LogP contribution in [-0.4, -0.2) is 12.6 Å². The van der Waals surface area contributed by atoms with Crippen molar-refractivity contribution in [1.29, 1.82) is 0 Å². The van der Waals surface area contributed by atoms with E-state index in [0.29, 0.717) is 11.1 Å². The van der Waals surface area contributed by atoms with Crippen LogP contribution < -0.4 is 0 Å². The van der Waals surface area contributed by atoms with Gasteiger partial charge < -0.3 is 0 Å². The molecule has 0 N–H and O–H groups in total. The van der Waals surface area contributed by atoms with Gasteiger partial charge in [0.25, 0.3) is 0 Å².